The molecule has 196 valence electrons. The molecule has 1 heterocycles. The number of sulfone groups is 1. The average Bonchev–Trinajstić information content (AvgIpc) is 2.91. The highest BCUT2D eigenvalue weighted by molar-refractivity contribution is 7.91. The van der Waals surface area contributed by atoms with E-state index < -0.39 is 22.0 Å². The van der Waals surface area contributed by atoms with Gasteiger partial charge in [0, 0.05) is 30.2 Å². The average molecular weight is 543 g/mol. The number of hydrogen-bond acceptors (Lipinski definition) is 6. The highest BCUT2D eigenvalue weighted by atomic mass is 35.5. The zero-order valence-corrected chi connectivity index (χ0v) is 22.0. The van der Waals surface area contributed by atoms with Gasteiger partial charge in [-0.3, -0.25) is 4.79 Å². The molecule has 4 rings (SSSR count). The van der Waals surface area contributed by atoms with Gasteiger partial charge < -0.3 is 20.4 Å². The first kappa shape index (κ1) is 27.3. The van der Waals surface area contributed by atoms with Crippen molar-refractivity contribution in [3.05, 3.63) is 94.5 Å². The molecule has 1 fully saturated rings. The van der Waals surface area contributed by atoms with Gasteiger partial charge in [-0.05, 0) is 79.4 Å². The fourth-order valence-corrected chi connectivity index (χ4v) is 5.83. The minimum Gasteiger partial charge on any atom is -0.393 e. The van der Waals surface area contributed by atoms with Crippen molar-refractivity contribution in [3.63, 3.8) is 0 Å². The third-order valence-electron chi connectivity index (χ3n) is 6.54. The maximum Gasteiger partial charge on any atom is 0.253 e. The Kier molecular flexibility index (Phi) is 9.00. The number of carbonyl (C=O) groups is 1. The number of halogens is 1. The van der Waals surface area contributed by atoms with E-state index >= 15 is 0 Å². The third kappa shape index (κ3) is 6.97. The first-order valence-electron chi connectivity index (χ1n) is 12.3. The Hall–Kier alpha value is -2.75. The molecular formula is C28H31ClN2O5S. The normalized spacial score (nSPS) is 15.5. The third-order valence-corrected chi connectivity index (χ3v) is 8.54. The van der Waals surface area contributed by atoms with Crippen LogP contribution >= 0.6 is 11.6 Å². The molecule has 0 radical (unpaired) electrons. The zero-order chi connectivity index (χ0) is 26.4. The summed E-state index contributed by atoms with van der Waals surface area (Å²) < 4.78 is 26.5. The summed E-state index contributed by atoms with van der Waals surface area (Å²) in [6, 6.07) is 19.9. The highest BCUT2D eigenvalue weighted by Crippen LogP contribution is 2.24. The standard InChI is InChI=1S/C28H31ClN2O5S/c29-23-5-1-3-21(17-23)27(33)19-30-14-11-20-7-9-25(10-8-20)37(35,36)26-6-2-4-22(18-26)28(34)31-15-12-24(32)13-16-31/h1-10,17-18,24,27,30,32-33H,11-16,19H2/t27-/m0/s1. The van der Waals surface area contributed by atoms with Crippen LogP contribution in [0.25, 0.3) is 0 Å². The topological polar surface area (TPSA) is 107 Å². The molecule has 37 heavy (non-hydrogen) atoms. The summed E-state index contributed by atoms with van der Waals surface area (Å²) >= 11 is 5.97. The molecule has 1 saturated heterocycles. The number of piperidine rings is 1. The number of benzene rings is 3. The molecule has 0 unspecified atom stereocenters. The van der Waals surface area contributed by atoms with E-state index in [1.807, 2.05) is 6.07 Å². The lowest BCUT2D eigenvalue weighted by Crippen LogP contribution is -2.40. The van der Waals surface area contributed by atoms with E-state index in [0.29, 0.717) is 56.0 Å². The second-order valence-corrected chi connectivity index (χ2v) is 11.6. The molecule has 3 N–H and O–H groups in total. The van der Waals surface area contributed by atoms with Gasteiger partial charge in [0.1, 0.15) is 0 Å². The van der Waals surface area contributed by atoms with Crippen LogP contribution in [0.15, 0.2) is 82.6 Å². The van der Waals surface area contributed by atoms with Gasteiger partial charge in [0.15, 0.2) is 0 Å². The number of carbonyl (C=O) groups excluding carboxylic acids is 1. The molecule has 0 aliphatic carbocycles. The summed E-state index contributed by atoms with van der Waals surface area (Å²) in [5.74, 6) is -0.229. The Morgan fingerprint density at radius 3 is 2.41 bits per heavy atom. The van der Waals surface area contributed by atoms with Crippen molar-refractivity contribution < 1.29 is 23.4 Å². The highest BCUT2D eigenvalue weighted by Gasteiger charge is 2.24. The second kappa shape index (κ2) is 12.2. The predicted molar refractivity (Wildman–Crippen MR) is 142 cm³/mol. The van der Waals surface area contributed by atoms with Crippen LogP contribution in [0.3, 0.4) is 0 Å². The molecule has 7 nitrogen and oxygen atoms in total. The molecule has 9 heteroatoms. The predicted octanol–water partition coefficient (Wildman–Crippen LogP) is 3.64. The molecule has 0 saturated carbocycles. The minimum atomic E-state index is -3.79. The monoisotopic (exact) mass is 542 g/mol. The van der Waals surface area contributed by atoms with Crippen molar-refractivity contribution in [1.82, 2.24) is 10.2 Å². The van der Waals surface area contributed by atoms with Crippen LogP contribution in [0.5, 0.6) is 0 Å². The summed E-state index contributed by atoms with van der Waals surface area (Å²) in [6.07, 6.45) is 0.643. The molecule has 1 aliphatic heterocycles. The number of rotatable bonds is 9. The lowest BCUT2D eigenvalue weighted by Gasteiger charge is -2.29. The summed E-state index contributed by atoms with van der Waals surface area (Å²) in [5.41, 5.74) is 2.02. The molecule has 1 amide bonds. The van der Waals surface area contributed by atoms with Crippen LogP contribution in [0.1, 0.15) is 40.4 Å². The largest absolute Gasteiger partial charge is 0.393 e. The molecule has 0 spiro atoms. The summed E-state index contributed by atoms with van der Waals surface area (Å²) in [5, 5.41) is 23.8. The Bertz CT molecular complexity index is 1320. The number of amides is 1. The summed E-state index contributed by atoms with van der Waals surface area (Å²) in [4.78, 5) is 14.7. The van der Waals surface area contributed by atoms with E-state index in [1.54, 1.807) is 59.5 Å². The van der Waals surface area contributed by atoms with Crippen LogP contribution in [0, 0.1) is 0 Å². The number of aliphatic hydroxyl groups is 2. The van der Waals surface area contributed by atoms with Crippen molar-refractivity contribution in [2.45, 2.75) is 41.3 Å². The van der Waals surface area contributed by atoms with Gasteiger partial charge in [-0.25, -0.2) is 8.42 Å². The van der Waals surface area contributed by atoms with Crippen LogP contribution in [0.2, 0.25) is 5.02 Å². The second-order valence-electron chi connectivity index (χ2n) is 9.22. The maximum atomic E-state index is 13.2. The molecule has 0 aromatic heterocycles. The van der Waals surface area contributed by atoms with E-state index in [-0.39, 0.29) is 15.7 Å². The quantitative estimate of drug-likeness (QED) is 0.356. The number of nitrogens with one attached hydrogen (secondary N) is 1. The fourth-order valence-electron chi connectivity index (χ4n) is 4.32. The number of aliphatic hydroxyl groups excluding tert-OH is 2. The number of likely N-dealkylation sites (tertiary alicyclic amines) is 1. The Morgan fingerprint density at radius 2 is 1.70 bits per heavy atom. The van der Waals surface area contributed by atoms with E-state index in [4.69, 9.17) is 11.6 Å². The Morgan fingerprint density at radius 1 is 1.00 bits per heavy atom. The first-order valence-corrected chi connectivity index (χ1v) is 14.2. The maximum absolute atomic E-state index is 13.2. The molecule has 1 atom stereocenters. The molecule has 0 bridgehead atoms. The van der Waals surface area contributed by atoms with E-state index in [9.17, 15) is 23.4 Å². The van der Waals surface area contributed by atoms with Crippen molar-refractivity contribution in [2.75, 3.05) is 26.2 Å². The van der Waals surface area contributed by atoms with Crippen molar-refractivity contribution >= 4 is 27.3 Å². The Labute approximate surface area is 222 Å². The van der Waals surface area contributed by atoms with E-state index in [1.165, 1.54) is 12.1 Å². The summed E-state index contributed by atoms with van der Waals surface area (Å²) in [6.45, 7) is 1.89. The van der Waals surface area contributed by atoms with Gasteiger partial charge in [0.25, 0.3) is 5.91 Å². The lowest BCUT2D eigenvalue weighted by molar-refractivity contribution is 0.0546. The lowest BCUT2D eigenvalue weighted by atomic mass is 10.1. The van der Waals surface area contributed by atoms with Crippen LogP contribution in [-0.2, 0) is 16.3 Å². The van der Waals surface area contributed by atoms with Crippen LogP contribution in [0.4, 0.5) is 0 Å². The van der Waals surface area contributed by atoms with Gasteiger partial charge in [0.05, 0.1) is 22.0 Å². The van der Waals surface area contributed by atoms with Crippen molar-refractivity contribution in [1.29, 1.82) is 0 Å². The molecule has 3 aromatic carbocycles. The SMILES string of the molecule is O=C(c1cccc(S(=O)(=O)c2ccc(CCNC[C@H](O)c3cccc(Cl)c3)cc2)c1)N1CCC(O)CC1. The fraction of sp³-hybridized carbons (Fsp3) is 0.321. The van der Waals surface area contributed by atoms with Gasteiger partial charge in [-0.2, -0.15) is 0 Å². The molecule has 1 aliphatic rings. The van der Waals surface area contributed by atoms with Gasteiger partial charge in [-0.1, -0.05) is 41.9 Å². The summed E-state index contributed by atoms with van der Waals surface area (Å²) in [7, 11) is -3.79. The van der Waals surface area contributed by atoms with E-state index in [0.717, 1.165) is 11.1 Å². The van der Waals surface area contributed by atoms with Crippen LogP contribution < -0.4 is 5.32 Å². The number of nitrogens with zero attached hydrogens (tertiary/aromatic N) is 1. The van der Waals surface area contributed by atoms with Crippen molar-refractivity contribution in [2.24, 2.45) is 0 Å². The van der Waals surface area contributed by atoms with Gasteiger partial charge in [0.2, 0.25) is 9.84 Å². The van der Waals surface area contributed by atoms with Gasteiger partial charge in [-0.15, -0.1) is 0 Å². The minimum absolute atomic E-state index is 0.0693. The molecule has 3 aromatic rings. The smallest absolute Gasteiger partial charge is 0.253 e. The van der Waals surface area contributed by atoms with Gasteiger partial charge >= 0.3 is 0 Å². The first-order chi connectivity index (χ1) is 17.7. The van der Waals surface area contributed by atoms with E-state index in [2.05, 4.69) is 5.32 Å². The van der Waals surface area contributed by atoms with Crippen LogP contribution in [-0.4, -0.2) is 61.7 Å². The zero-order valence-electron chi connectivity index (χ0n) is 20.4. The number of hydrogen-bond donors (Lipinski definition) is 3. The Balaban J connectivity index is 1.34. The molecular weight excluding hydrogens is 512 g/mol. The van der Waals surface area contributed by atoms with Crippen molar-refractivity contribution in [3.8, 4) is 0 Å².